The summed E-state index contributed by atoms with van der Waals surface area (Å²) in [6.07, 6.45) is -3.59. The van der Waals surface area contributed by atoms with E-state index >= 15 is 0 Å². The van der Waals surface area contributed by atoms with Crippen molar-refractivity contribution in [2.75, 3.05) is 6.26 Å². The van der Waals surface area contributed by atoms with Gasteiger partial charge >= 0.3 is 6.18 Å². The fraction of sp³-hybridized carbons (Fsp3) is 0.100. The number of sulfone groups is 1. The molecule has 0 saturated carbocycles. The van der Waals surface area contributed by atoms with E-state index in [2.05, 4.69) is 0 Å². The minimum atomic E-state index is -4.60. The zero-order valence-electron chi connectivity index (χ0n) is 14.4. The molecule has 0 heterocycles. The standard InChI is InChI=1S/C20H13F5O2S/c1-28(26,27)15-6-2-12(3-7-15)17-11-14(20(23,24)25)5-8-16(17)13-4-9-18(21)19(22)10-13/h2-11H,1H3. The predicted molar refractivity (Wildman–Crippen MR) is 95.3 cm³/mol. The molecule has 2 nitrogen and oxygen atoms in total. The first-order valence-corrected chi connectivity index (χ1v) is 9.83. The van der Waals surface area contributed by atoms with Crippen LogP contribution in [-0.2, 0) is 16.0 Å². The summed E-state index contributed by atoms with van der Waals surface area (Å²) in [5.74, 6) is -2.20. The topological polar surface area (TPSA) is 34.1 Å². The van der Waals surface area contributed by atoms with Gasteiger partial charge in [-0.25, -0.2) is 17.2 Å². The minimum absolute atomic E-state index is 0.0117. The zero-order chi connectivity index (χ0) is 20.7. The first kappa shape index (κ1) is 20.0. The summed E-state index contributed by atoms with van der Waals surface area (Å²) in [5, 5.41) is 0. The number of rotatable bonds is 3. The first-order valence-electron chi connectivity index (χ1n) is 7.94. The van der Waals surface area contributed by atoms with Crippen LogP contribution in [0.2, 0.25) is 0 Å². The van der Waals surface area contributed by atoms with Crippen molar-refractivity contribution in [3.8, 4) is 22.3 Å². The summed E-state index contributed by atoms with van der Waals surface area (Å²) in [5.41, 5.74) is -0.0611. The molecule has 28 heavy (non-hydrogen) atoms. The molecule has 0 fully saturated rings. The highest BCUT2D eigenvalue weighted by molar-refractivity contribution is 7.90. The third-order valence-electron chi connectivity index (χ3n) is 4.17. The van der Waals surface area contributed by atoms with Gasteiger partial charge in [-0.1, -0.05) is 24.3 Å². The van der Waals surface area contributed by atoms with Crippen LogP contribution < -0.4 is 0 Å². The summed E-state index contributed by atoms with van der Waals surface area (Å²) >= 11 is 0. The average molecular weight is 412 g/mol. The molecule has 3 rings (SSSR count). The maximum atomic E-state index is 13.6. The monoisotopic (exact) mass is 412 g/mol. The Kier molecular flexibility index (Phi) is 5.01. The van der Waals surface area contributed by atoms with Crippen molar-refractivity contribution >= 4 is 9.84 Å². The van der Waals surface area contributed by atoms with Crippen molar-refractivity contribution in [2.45, 2.75) is 11.1 Å². The van der Waals surface area contributed by atoms with Crippen molar-refractivity contribution in [1.82, 2.24) is 0 Å². The van der Waals surface area contributed by atoms with Gasteiger partial charge in [-0.2, -0.15) is 13.2 Å². The maximum Gasteiger partial charge on any atom is 0.416 e. The Morgan fingerprint density at radius 3 is 1.86 bits per heavy atom. The van der Waals surface area contributed by atoms with E-state index in [1.54, 1.807) is 0 Å². The molecule has 0 radical (unpaired) electrons. The minimum Gasteiger partial charge on any atom is -0.224 e. The van der Waals surface area contributed by atoms with Crippen LogP contribution in [0.25, 0.3) is 22.3 Å². The van der Waals surface area contributed by atoms with Crippen LogP contribution in [0.4, 0.5) is 22.0 Å². The Labute approximate surface area is 158 Å². The van der Waals surface area contributed by atoms with Crippen LogP contribution in [-0.4, -0.2) is 14.7 Å². The van der Waals surface area contributed by atoms with Gasteiger partial charge in [-0.15, -0.1) is 0 Å². The molecule has 0 aliphatic heterocycles. The maximum absolute atomic E-state index is 13.6. The van der Waals surface area contributed by atoms with Gasteiger partial charge < -0.3 is 0 Å². The van der Waals surface area contributed by atoms with Gasteiger partial charge in [-0.3, -0.25) is 0 Å². The van der Waals surface area contributed by atoms with Crippen molar-refractivity contribution in [3.63, 3.8) is 0 Å². The molecule has 3 aromatic rings. The van der Waals surface area contributed by atoms with Crippen LogP contribution in [0, 0.1) is 11.6 Å². The Bertz CT molecular complexity index is 1130. The van der Waals surface area contributed by atoms with Crippen LogP contribution in [0.15, 0.2) is 65.6 Å². The van der Waals surface area contributed by atoms with Gasteiger partial charge in [0.2, 0.25) is 0 Å². The first-order chi connectivity index (χ1) is 13.0. The third kappa shape index (κ3) is 4.06. The normalized spacial score (nSPS) is 12.2. The third-order valence-corrected chi connectivity index (χ3v) is 5.30. The van der Waals surface area contributed by atoms with E-state index in [0.29, 0.717) is 5.56 Å². The lowest BCUT2D eigenvalue weighted by Crippen LogP contribution is -2.05. The quantitative estimate of drug-likeness (QED) is 0.516. The highest BCUT2D eigenvalue weighted by atomic mass is 32.2. The predicted octanol–water partition coefficient (Wildman–Crippen LogP) is 5.72. The molecule has 0 bridgehead atoms. The molecule has 0 aliphatic carbocycles. The second-order valence-electron chi connectivity index (χ2n) is 6.18. The zero-order valence-corrected chi connectivity index (χ0v) is 15.2. The lowest BCUT2D eigenvalue weighted by Gasteiger charge is -2.15. The highest BCUT2D eigenvalue weighted by Crippen LogP contribution is 2.38. The van der Waals surface area contributed by atoms with Gasteiger partial charge in [0.05, 0.1) is 10.5 Å². The van der Waals surface area contributed by atoms with E-state index in [9.17, 15) is 30.4 Å². The van der Waals surface area contributed by atoms with Crippen molar-refractivity contribution < 1.29 is 30.4 Å². The van der Waals surface area contributed by atoms with Crippen molar-refractivity contribution in [3.05, 3.63) is 77.9 Å². The Morgan fingerprint density at radius 1 is 0.714 bits per heavy atom. The van der Waals surface area contributed by atoms with Crippen LogP contribution in [0.5, 0.6) is 0 Å². The molecule has 8 heteroatoms. The molecular formula is C20H13F5O2S. The Balaban J connectivity index is 2.22. The van der Waals surface area contributed by atoms with Crippen LogP contribution in [0.1, 0.15) is 5.56 Å². The average Bonchev–Trinajstić information content (AvgIpc) is 2.62. The summed E-state index contributed by atoms with van der Waals surface area (Å²) < 4.78 is 89.6. The summed E-state index contributed by atoms with van der Waals surface area (Å²) in [4.78, 5) is 0.0117. The smallest absolute Gasteiger partial charge is 0.224 e. The molecule has 0 amide bonds. The molecule has 0 atom stereocenters. The molecule has 0 aliphatic rings. The molecule has 0 aromatic heterocycles. The molecule has 146 valence electrons. The van der Waals surface area contributed by atoms with E-state index in [4.69, 9.17) is 0 Å². The molecule has 0 spiro atoms. The number of benzene rings is 3. The number of hydrogen-bond acceptors (Lipinski definition) is 2. The van der Waals surface area contributed by atoms with Gasteiger partial charge in [0.1, 0.15) is 0 Å². The van der Waals surface area contributed by atoms with E-state index < -0.39 is 33.2 Å². The molecular weight excluding hydrogens is 399 g/mol. The van der Waals surface area contributed by atoms with E-state index in [-0.39, 0.29) is 21.6 Å². The Morgan fingerprint density at radius 2 is 1.32 bits per heavy atom. The van der Waals surface area contributed by atoms with Crippen LogP contribution in [0.3, 0.4) is 0 Å². The molecule has 0 unspecified atom stereocenters. The summed E-state index contributed by atoms with van der Waals surface area (Å²) in [6.45, 7) is 0. The van der Waals surface area contributed by atoms with Gasteiger partial charge in [0.15, 0.2) is 21.5 Å². The fourth-order valence-corrected chi connectivity index (χ4v) is 3.39. The molecule has 0 N–H and O–H groups in total. The summed E-state index contributed by atoms with van der Waals surface area (Å²) in [6, 6.07) is 11.3. The van der Waals surface area contributed by atoms with E-state index in [1.165, 1.54) is 36.4 Å². The van der Waals surface area contributed by atoms with Gasteiger partial charge in [0, 0.05) is 6.26 Å². The summed E-state index contributed by atoms with van der Waals surface area (Å²) in [7, 11) is -3.48. The van der Waals surface area contributed by atoms with Crippen molar-refractivity contribution in [1.29, 1.82) is 0 Å². The van der Waals surface area contributed by atoms with E-state index in [0.717, 1.165) is 30.5 Å². The highest BCUT2D eigenvalue weighted by Gasteiger charge is 2.31. The largest absolute Gasteiger partial charge is 0.416 e. The van der Waals surface area contributed by atoms with Crippen molar-refractivity contribution in [2.24, 2.45) is 0 Å². The molecule has 0 saturated heterocycles. The number of halogens is 5. The van der Waals surface area contributed by atoms with Crippen LogP contribution >= 0.6 is 0 Å². The lowest BCUT2D eigenvalue weighted by atomic mass is 9.92. The second kappa shape index (κ2) is 7.01. The number of hydrogen-bond donors (Lipinski definition) is 0. The second-order valence-corrected chi connectivity index (χ2v) is 8.20. The lowest BCUT2D eigenvalue weighted by molar-refractivity contribution is -0.137. The van der Waals surface area contributed by atoms with Gasteiger partial charge in [0.25, 0.3) is 0 Å². The van der Waals surface area contributed by atoms with Gasteiger partial charge in [-0.05, 0) is 58.7 Å². The molecule has 3 aromatic carbocycles. The Hall–Kier alpha value is -2.74. The SMILES string of the molecule is CS(=O)(=O)c1ccc(-c2cc(C(F)(F)F)ccc2-c2ccc(F)c(F)c2)cc1. The van der Waals surface area contributed by atoms with E-state index in [1.807, 2.05) is 0 Å². The fourth-order valence-electron chi connectivity index (χ4n) is 2.76. The number of alkyl halides is 3.